The number of nitrogens with one attached hydrogen (secondary N) is 1. The number of piperidine rings is 1. The monoisotopic (exact) mass is 323 g/mol. The molecule has 0 aliphatic carbocycles. The van der Waals surface area contributed by atoms with E-state index in [-0.39, 0.29) is 11.6 Å². The van der Waals surface area contributed by atoms with E-state index in [2.05, 4.69) is 17.4 Å². The predicted molar refractivity (Wildman–Crippen MR) is 88.3 cm³/mol. The summed E-state index contributed by atoms with van der Waals surface area (Å²) >= 11 is 0. The third-order valence-electron chi connectivity index (χ3n) is 4.39. The maximum Gasteiger partial charge on any atom is 0.410 e. The van der Waals surface area contributed by atoms with Crippen molar-refractivity contribution in [1.29, 1.82) is 0 Å². The predicted octanol–water partition coefficient (Wildman–Crippen LogP) is 3.17. The van der Waals surface area contributed by atoms with Gasteiger partial charge in [-0.1, -0.05) is 5.16 Å². The van der Waals surface area contributed by atoms with E-state index in [0.717, 1.165) is 36.4 Å². The average Bonchev–Trinajstić information content (AvgIpc) is 2.75. The van der Waals surface area contributed by atoms with Crippen molar-refractivity contribution in [3.8, 4) is 0 Å². The third-order valence-corrected chi connectivity index (χ3v) is 4.39. The molecule has 6 nitrogen and oxygen atoms in total. The van der Waals surface area contributed by atoms with Gasteiger partial charge in [0.15, 0.2) is 0 Å². The molecule has 1 saturated heterocycles. The molecule has 1 amide bonds. The molecule has 0 bridgehead atoms. The molecule has 1 aromatic rings. The number of ether oxygens (including phenoxy) is 1. The van der Waals surface area contributed by atoms with E-state index in [1.807, 2.05) is 34.6 Å². The highest BCUT2D eigenvalue weighted by Crippen LogP contribution is 2.24. The minimum absolute atomic E-state index is 0.00859. The van der Waals surface area contributed by atoms with E-state index >= 15 is 0 Å². The minimum Gasteiger partial charge on any atom is -0.444 e. The zero-order chi connectivity index (χ0) is 17.3. The first-order valence-corrected chi connectivity index (χ1v) is 8.24. The van der Waals surface area contributed by atoms with Crippen molar-refractivity contribution in [3.05, 3.63) is 17.0 Å². The summed E-state index contributed by atoms with van der Waals surface area (Å²) in [5.41, 5.74) is 1.62. The zero-order valence-corrected chi connectivity index (χ0v) is 15.2. The van der Waals surface area contributed by atoms with E-state index in [9.17, 15) is 4.79 Å². The molecular formula is C17H29N3O3. The summed E-state index contributed by atoms with van der Waals surface area (Å²) in [6, 6.07) is 0. The summed E-state index contributed by atoms with van der Waals surface area (Å²) in [7, 11) is 0. The highest BCUT2D eigenvalue weighted by atomic mass is 16.6. The van der Waals surface area contributed by atoms with Gasteiger partial charge in [-0.15, -0.1) is 0 Å². The standard InChI is InChI=1S/C17H29N3O3/c1-12-14(13(2)23-19-12)11-18-17(6)7-9-20(10-8-17)15(21)22-16(3,4)5/h18H,7-11H2,1-6H3. The van der Waals surface area contributed by atoms with Crippen molar-refractivity contribution >= 4 is 6.09 Å². The molecule has 6 heteroatoms. The van der Waals surface area contributed by atoms with Crippen molar-refractivity contribution in [3.63, 3.8) is 0 Å². The van der Waals surface area contributed by atoms with Gasteiger partial charge in [0.05, 0.1) is 5.69 Å². The fourth-order valence-electron chi connectivity index (χ4n) is 2.74. The number of aromatic nitrogens is 1. The van der Waals surface area contributed by atoms with Gasteiger partial charge in [0, 0.05) is 30.7 Å². The van der Waals surface area contributed by atoms with Crippen molar-refractivity contribution in [2.24, 2.45) is 0 Å². The number of carbonyl (C=O) groups is 1. The molecule has 0 atom stereocenters. The van der Waals surface area contributed by atoms with Crippen molar-refractivity contribution in [2.75, 3.05) is 13.1 Å². The fourth-order valence-corrected chi connectivity index (χ4v) is 2.74. The summed E-state index contributed by atoms with van der Waals surface area (Å²) in [6.45, 7) is 13.9. The molecule has 0 saturated carbocycles. The summed E-state index contributed by atoms with van der Waals surface area (Å²) in [5.74, 6) is 0.866. The number of hydrogen-bond acceptors (Lipinski definition) is 5. The SMILES string of the molecule is Cc1noc(C)c1CNC1(C)CCN(C(=O)OC(C)(C)C)CC1. The van der Waals surface area contributed by atoms with Crippen LogP contribution < -0.4 is 5.32 Å². The maximum atomic E-state index is 12.1. The van der Waals surface area contributed by atoms with Crippen LogP contribution in [0.1, 0.15) is 57.6 Å². The molecule has 2 heterocycles. The number of aryl methyl sites for hydroxylation is 2. The van der Waals surface area contributed by atoms with Crippen molar-refractivity contribution in [1.82, 2.24) is 15.4 Å². The molecular weight excluding hydrogens is 294 g/mol. The van der Waals surface area contributed by atoms with Gasteiger partial charge in [-0.3, -0.25) is 0 Å². The van der Waals surface area contributed by atoms with E-state index in [4.69, 9.17) is 9.26 Å². The Hall–Kier alpha value is -1.56. The lowest BCUT2D eigenvalue weighted by atomic mass is 9.89. The van der Waals surface area contributed by atoms with Crippen LogP contribution in [0.5, 0.6) is 0 Å². The van der Waals surface area contributed by atoms with Crippen LogP contribution in [0.3, 0.4) is 0 Å². The molecule has 1 aliphatic rings. The molecule has 1 aromatic heterocycles. The number of carbonyl (C=O) groups excluding carboxylic acids is 1. The Labute approximate surface area is 138 Å². The van der Waals surface area contributed by atoms with Crippen LogP contribution in [-0.2, 0) is 11.3 Å². The highest BCUT2D eigenvalue weighted by Gasteiger charge is 2.33. The van der Waals surface area contributed by atoms with Crippen LogP contribution >= 0.6 is 0 Å². The number of rotatable bonds is 3. The molecule has 0 unspecified atom stereocenters. The van der Waals surface area contributed by atoms with Crippen molar-refractivity contribution in [2.45, 2.75) is 72.1 Å². The zero-order valence-electron chi connectivity index (χ0n) is 15.2. The lowest BCUT2D eigenvalue weighted by Gasteiger charge is -2.40. The van der Waals surface area contributed by atoms with Crippen LogP contribution in [-0.4, -0.2) is 40.4 Å². The second kappa shape index (κ2) is 6.51. The second-order valence-electron chi connectivity index (χ2n) is 7.68. The van der Waals surface area contributed by atoms with Gasteiger partial charge in [-0.2, -0.15) is 0 Å². The number of amides is 1. The first-order chi connectivity index (χ1) is 10.6. The molecule has 1 aliphatic heterocycles. The topological polar surface area (TPSA) is 67.6 Å². The van der Waals surface area contributed by atoms with Gasteiger partial charge in [-0.05, 0) is 54.4 Å². The third kappa shape index (κ3) is 4.70. The smallest absolute Gasteiger partial charge is 0.410 e. The van der Waals surface area contributed by atoms with Crippen LogP contribution in [0.4, 0.5) is 4.79 Å². The molecule has 130 valence electrons. The number of nitrogens with zero attached hydrogens (tertiary/aromatic N) is 2. The molecule has 0 aromatic carbocycles. The molecule has 2 rings (SSSR count). The first-order valence-electron chi connectivity index (χ1n) is 8.24. The van der Waals surface area contributed by atoms with Gasteiger partial charge in [0.1, 0.15) is 11.4 Å². The molecule has 23 heavy (non-hydrogen) atoms. The normalized spacial score (nSPS) is 18.1. The van der Waals surface area contributed by atoms with Crippen molar-refractivity contribution < 1.29 is 14.1 Å². The van der Waals surface area contributed by atoms with Gasteiger partial charge in [0.25, 0.3) is 0 Å². The van der Waals surface area contributed by atoms with Gasteiger partial charge in [0.2, 0.25) is 0 Å². The second-order valence-corrected chi connectivity index (χ2v) is 7.68. The summed E-state index contributed by atoms with van der Waals surface area (Å²) in [6.07, 6.45) is 1.58. The van der Waals surface area contributed by atoms with Crippen LogP contribution in [0.25, 0.3) is 0 Å². The molecule has 0 radical (unpaired) electrons. The van der Waals surface area contributed by atoms with Gasteiger partial charge >= 0.3 is 6.09 Å². The number of likely N-dealkylation sites (tertiary alicyclic amines) is 1. The average molecular weight is 323 g/mol. The molecule has 1 fully saturated rings. The minimum atomic E-state index is -0.445. The quantitative estimate of drug-likeness (QED) is 0.925. The molecule has 1 N–H and O–H groups in total. The maximum absolute atomic E-state index is 12.1. The van der Waals surface area contributed by atoms with E-state index in [1.165, 1.54) is 0 Å². The number of hydrogen-bond donors (Lipinski definition) is 1. The fraction of sp³-hybridized carbons (Fsp3) is 0.765. The summed E-state index contributed by atoms with van der Waals surface area (Å²) < 4.78 is 10.6. The Morgan fingerprint density at radius 3 is 2.43 bits per heavy atom. The Morgan fingerprint density at radius 1 is 1.35 bits per heavy atom. The first kappa shape index (κ1) is 17.8. The Bertz CT molecular complexity index is 532. The van der Waals surface area contributed by atoms with E-state index in [1.54, 1.807) is 4.90 Å². The molecule has 0 spiro atoms. The largest absolute Gasteiger partial charge is 0.444 e. The lowest BCUT2D eigenvalue weighted by molar-refractivity contribution is 0.0156. The van der Waals surface area contributed by atoms with Crippen LogP contribution in [0, 0.1) is 13.8 Å². The Balaban J connectivity index is 1.86. The van der Waals surface area contributed by atoms with Crippen LogP contribution in [0.2, 0.25) is 0 Å². The van der Waals surface area contributed by atoms with Gasteiger partial charge in [-0.25, -0.2) is 4.79 Å². The summed E-state index contributed by atoms with van der Waals surface area (Å²) in [5, 5.41) is 7.60. The van der Waals surface area contributed by atoms with E-state index < -0.39 is 5.60 Å². The highest BCUT2D eigenvalue weighted by molar-refractivity contribution is 5.68. The van der Waals surface area contributed by atoms with Gasteiger partial charge < -0.3 is 19.5 Å². The Kier molecular flexibility index (Phi) is 5.04. The summed E-state index contributed by atoms with van der Waals surface area (Å²) in [4.78, 5) is 13.9. The van der Waals surface area contributed by atoms with E-state index in [0.29, 0.717) is 13.1 Å². The Morgan fingerprint density at radius 2 is 1.96 bits per heavy atom. The van der Waals surface area contributed by atoms with Crippen LogP contribution in [0.15, 0.2) is 4.52 Å². The lowest BCUT2D eigenvalue weighted by Crippen LogP contribution is -2.53.